The van der Waals surface area contributed by atoms with Gasteiger partial charge in [0.25, 0.3) is 5.91 Å². The molecule has 2 aliphatic rings. The summed E-state index contributed by atoms with van der Waals surface area (Å²) in [5, 5.41) is 20.0. The van der Waals surface area contributed by atoms with Gasteiger partial charge in [0, 0.05) is 38.6 Å². The zero-order valence-corrected chi connectivity index (χ0v) is 15.9. The second-order valence-electron chi connectivity index (χ2n) is 7.67. The van der Waals surface area contributed by atoms with Crippen molar-refractivity contribution in [2.75, 3.05) is 19.6 Å². The Morgan fingerprint density at radius 1 is 1.22 bits per heavy atom. The highest BCUT2D eigenvalue weighted by atomic mass is 16.2. The Balaban J connectivity index is 1.28. The summed E-state index contributed by atoms with van der Waals surface area (Å²) < 4.78 is 3.77. The number of aryl methyl sites for hydroxylation is 2. The number of carbonyl (C=O) groups excluding carboxylic acids is 1. The summed E-state index contributed by atoms with van der Waals surface area (Å²) in [5.41, 5.74) is 0.448. The molecular weight excluding hydrogens is 344 g/mol. The van der Waals surface area contributed by atoms with Crippen LogP contribution in [0.2, 0.25) is 0 Å². The van der Waals surface area contributed by atoms with E-state index in [0.717, 1.165) is 51.3 Å². The van der Waals surface area contributed by atoms with Crippen molar-refractivity contribution < 1.29 is 4.79 Å². The first-order valence-corrected chi connectivity index (χ1v) is 9.97. The average molecular weight is 372 g/mol. The summed E-state index contributed by atoms with van der Waals surface area (Å²) in [5.74, 6) is 1.35. The Morgan fingerprint density at radius 2 is 2.07 bits per heavy atom. The van der Waals surface area contributed by atoms with Gasteiger partial charge in [0.05, 0.1) is 6.20 Å². The van der Waals surface area contributed by atoms with Gasteiger partial charge < -0.3 is 14.8 Å². The van der Waals surface area contributed by atoms with E-state index < -0.39 is 0 Å². The molecule has 146 valence electrons. The van der Waals surface area contributed by atoms with Crippen LogP contribution in [0.3, 0.4) is 0 Å². The molecule has 0 spiro atoms. The van der Waals surface area contributed by atoms with Gasteiger partial charge >= 0.3 is 0 Å². The molecule has 1 N–H and O–H groups in total. The van der Waals surface area contributed by atoms with E-state index in [0.29, 0.717) is 17.7 Å². The number of rotatable bonds is 5. The largest absolute Gasteiger partial charge is 0.337 e. The number of carbonyl (C=O) groups is 1. The van der Waals surface area contributed by atoms with E-state index in [2.05, 4.69) is 25.8 Å². The van der Waals surface area contributed by atoms with Crippen LogP contribution in [0, 0.1) is 0 Å². The molecule has 2 saturated heterocycles. The maximum Gasteiger partial charge on any atom is 0.276 e. The van der Waals surface area contributed by atoms with Crippen LogP contribution in [0.25, 0.3) is 0 Å². The van der Waals surface area contributed by atoms with Gasteiger partial charge in [-0.05, 0) is 38.6 Å². The summed E-state index contributed by atoms with van der Waals surface area (Å²) in [4.78, 5) is 14.6. The topological polar surface area (TPSA) is 93.8 Å². The first-order chi connectivity index (χ1) is 13.2. The maximum atomic E-state index is 12.7. The van der Waals surface area contributed by atoms with Crippen LogP contribution < -0.4 is 5.32 Å². The molecule has 1 amide bonds. The number of hydrogen-bond acceptors (Lipinski definition) is 6. The highest BCUT2D eigenvalue weighted by Gasteiger charge is 2.28. The van der Waals surface area contributed by atoms with Gasteiger partial charge in [0.15, 0.2) is 5.69 Å². The summed E-state index contributed by atoms with van der Waals surface area (Å²) in [6, 6.07) is 0.557. The van der Waals surface area contributed by atoms with E-state index >= 15 is 0 Å². The summed E-state index contributed by atoms with van der Waals surface area (Å²) in [6.07, 6.45) is 10.1. The minimum atomic E-state index is -0.0199. The second kappa shape index (κ2) is 8.16. The molecule has 27 heavy (non-hydrogen) atoms. The molecule has 0 unspecified atom stereocenters. The predicted molar refractivity (Wildman–Crippen MR) is 99.2 cm³/mol. The van der Waals surface area contributed by atoms with Gasteiger partial charge in [-0.1, -0.05) is 11.6 Å². The smallest absolute Gasteiger partial charge is 0.276 e. The van der Waals surface area contributed by atoms with Crippen molar-refractivity contribution in [3.05, 3.63) is 24.0 Å². The van der Waals surface area contributed by atoms with Crippen LogP contribution in [0.15, 0.2) is 12.5 Å². The van der Waals surface area contributed by atoms with Crippen molar-refractivity contribution in [2.45, 2.75) is 57.0 Å². The van der Waals surface area contributed by atoms with E-state index in [9.17, 15) is 4.79 Å². The lowest BCUT2D eigenvalue weighted by molar-refractivity contribution is 0.0704. The number of nitrogens with one attached hydrogen (secondary N) is 1. The molecule has 0 saturated carbocycles. The molecule has 4 heterocycles. The number of nitrogens with zero attached hydrogens (tertiary/aromatic N) is 7. The first-order valence-electron chi connectivity index (χ1n) is 9.97. The third kappa shape index (κ3) is 4.18. The Morgan fingerprint density at radius 3 is 2.78 bits per heavy atom. The van der Waals surface area contributed by atoms with Crippen molar-refractivity contribution in [1.29, 1.82) is 0 Å². The normalized spacial score (nSPS) is 21.5. The third-order valence-electron chi connectivity index (χ3n) is 5.77. The number of aromatic nitrogens is 6. The van der Waals surface area contributed by atoms with Gasteiger partial charge in [-0.3, -0.25) is 9.48 Å². The first kappa shape index (κ1) is 18.1. The summed E-state index contributed by atoms with van der Waals surface area (Å²) >= 11 is 0. The van der Waals surface area contributed by atoms with E-state index in [-0.39, 0.29) is 5.91 Å². The summed E-state index contributed by atoms with van der Waals surface area (Å²) in [6.45, 7) is 3.34. The fraction of sp³-hybridized carbons (Fsp3) is 0.722. The van der Waals surface area contributed by atoms with Crippen LogP contribution in [0.5, 0.6) is 0 Å². The molecule has 2 fully saturated rings. The zero-order chi connectivity index (χ0) is 18.6. The standard InChI is InChI=1S/C18H28N8O/c1-24-13-20-22-17(24)14-5-9-25(10-6-14)18(27)16-12-26(23-21-16)11-7-15-4-2-3-8-19-15/h12-15,19H,2-11H2,1H3/t15-/m1/s1. The predicted octanol–water partition coefficient (Wildman–Crippen LogP) is 0.959. The zero-order valence-electron chi connectivity index (χ0n) is 15.9. The van der Waals surface area contributed by atoms with Crippen LogP contribution in [-0.2, 0) is 13.6 Å². The van der Waals surface area contributed by atoms with Crippen LogP contribution in [0.4, 0.5) is 0 Å². The molecule has 2 aromatic rings. The lowest BCUT2D eigenvalue weighted by Crippen LogP contribution is -2.38. The Kier molecular flexibility index (Phi) is 5.47. The number of piperidine rings is 2. The number of likely N-dealkylation sites (tertiary alicyclic amines) is 1. The van der Waals surface area contributed by atoms with Crippen LogP contribution in [0.1, 0.15) is 60.8 Å². The molecule has 9 heteroatoms. The van der Waals surface area contributed by atoms with Crippen LogP contribution in [-0.4, -0.2) is 66.2 Å². The molecule has 0 bridgehead atoms. The highest BCUT2D eigenvalue weighted by Crippen LogP contribution is 2.26. The van der Waals surface area contributed by atoms with E-state index in [1.807, 2.05) is 16.5 Å². The molecule has 4 rings (SSSR count). The minimum Gasteiger partial charge on any atom is -0.337 e. The van der Waals surface area contributed by atoms with Gasteiger partial charge in [-0.2, -0.15) is 0 Å². The minimum absolute atomic E-state index is 0.0199. The third-order valence-corrected chi connectivity index (χ3v) is 5.77. The lowest BCUT2D eigenvalue weighted by Gasteiger charge is -2.30. The van der Waals surface area contributed by atoms with E-state index in [1.54, 1.807) is 17.2 Å². The molecular formula is C18H28N8O. The number of amides is 1. The van der Waals surface area contributed by atoms with Crippen molar-refractivity contribution >= 4 is 5.91 Å². The van der Waals surface area contributed by atoms with Crippen molar-refractivity contribution in [1.82, 2.24) is 40.0 Å². The average Bonchev–Trinajstić information content (AvgIpc) is 3.36. The molecule has 1 atom stereocenters. The van der Waals surface area contributed by atoms with Gasteiger partial charge in [-0.25, -0.2) is 0 Å². The van der Waals surface area contributed by atoms with Crippen molar-refractivity contribution in [2.24, 2.45) is 7.05 Å². The van der Waals surface area contributed by atoms with Crippen LogP contribution >= 0.6 is 0 Å². The molecule has 2 aromatic heterocycles. The molecule has 0 aliphatic carbocycles. The Labute approximate surface area is 159 Å². The fourth-order valence-corrected chi connectivity index (χ4v) is 4.13. The number of hydrogen-bond donors (Lipinski definition) is 1. The SMILES string of the molecule is Cn1cnnc1C1CCN(C(=O)c2cn(CC[C@H]3CCCCN3)nn2)CC1. The molecule has 2 aliphatic heterocycles. The van der Waals surface area contributed by atoms with Crippen molar-refractivity contribution in [3.8, 4) is 0 Å². The lowest BCUT2D eigenvalue weighted by atomic mass is 9.96. The second-order valence-corrected chi connectivity index (χ2v) is 7.67. The van der Waals surface area contributed by atoms with Gasteiger partial charge in [0.2, 0.25) is 0 Å². The quantitative estimate of drug-likeness (QED) is 0.840. The Hall–Kier alpha value is -2.29. The maximum absolute atomic E-state index is 12.7. The van der Waals surface area contributed by atoms with Crippen molar-refractivity contribution in [3.63, 3.8) is 0 Å². The van der Waals surface area contributed by atoms with Gasteiger partial charge in [0.1, 0.15) is 12.2 Å². The molecule has 0 radical (unpaired) electrons. The molecule has 9 nitrogen and oxygen atoms in total. The Bertz CT molecular complexity index is 755. The summed E-state index contributed by atoms with van der Waals surface area (Å²) in [7, 11) is 1.97. The van der Waals surface area contributed by atoms with E-state index in [1.165, 1.54) is 19.3 Å². The fourth-order valence-electron chi connectivity index (χ4n) is 4.13. The highest BCUT2D eigenvalue weighted by molar-refractivity contribution is 5.92. The van der Waals surface area contributed by atoms with E-state index in [4.69, 9.17) is 0 Å². The monoisotopic (exact) mass is 372 g/mol. The van der Waals surface area contributed by atoms with Gasteiger partial charge in [-0.15, -0.1) is 15.3 Å². The molecule has 0 aromatic carbocycles.